The van der Waals surface area contributed by atoms with Crippen molar-refractivity contribution in [2.75, 3.05) is 14.2 Å². The van der Waals surface area contributed by atoms with Crippen LogP contribution in [0.3, 0.4) is 0 Å². The second kappa shape index (κ2) is 5.83. The van der Waals surface area contributed by atoms with Crippen LogP contribution in [0.5, 0.6) is 5.75 Å². The molecule has 0 fully saturated rings. The van der Waals surface area contributed by atoms with Gasteiger partial charge < -0.3 is 9.47 Å². The number of hydrogen-bond donors (Lipinski definition) is 0. The lowest BCUT2D eigenvalue weighted by atomic mass is 10.1. The molecular formula is C14H13NO4S. The van der Waals surface area contributed by atoms with Crippen molar-refractivity contribution in [2.45, 2.75) is 6.92 Å². The average molecular weight is 291 g/mol. The summed E-state index contributed by atoms with van der Waals surface area (Å²) >= 11 is 1.17. The highest BCUT2D eigenvalue weighted by Crippen LogP contribution is 2.24. The van der Waals surface area contributed by atoms with Crippen LogP contribution in [0.2, 0.25) is 0 Å². The number of methoxy groups -OCH3 is 2. The summed E-state index contributed by atoms with van der Waals surface area (Å²) in [6.07, 6.45) is 0. The molecule has 0 N–H and O–H groups in total. The SMILES string of the molecule is COC(=O)c1nc(C)sc1C(=O)c1cccc(OC)c1. The first-order valence-corrected chi connectivity index (χ1v) is 6.63. The van der Waals surface area contributed by atoms with Gasteiger partial charge in [0, 0.05) is 5.56 Å². The van der Waals surface area contributed by atoms with Gasteiger partial charge in [0.2, 0.25) is 5.78 Å². The highest BCUT2D eigenvalue weighted by molar-refractivity contribution is 7.14. The van der Waals surface area contributed by atoms with E-state index in [0.29, 0.717) is 16.3 Å². The molecule has 20 heavy (non-hydrogen) atoms. The van der Waals surface area contributed by atoms with E-state index in [-0.39, 0.29) is 16.4 Å². The quantitative estimate of drug-likeness (QED) is 0.639. The normalized spacial score (nSPS) is 10.2. The third-order valence-electron chi connectivity index (χ3n) is 2.65. The third-order valence-corrected chi connectivity index (χ3v) is 3.62. The van der Waals surface area contributed by atoms with Crippen LogP contribution in [0.15, 0.2) is 24.3 Å². The van der Waals surface area contributed by atoms with Crippen molar-refractivity contribution in [1.82, 2.24) is 4.98 Å². The molecule has 0 aliphatic rings. The topological polar surface area (TPSA) is 65.5 Å². The molecule has 0 bridgehead atoms. The summed E-state index contributed by atoms with van der Waals surface area (Å²) in [6.45, 7) is 1.74. The maximum atomic E-state index is 12.5. The van der Waals surface area contributed by atoms with Crippen molar-refractivity contribution >= 4 is 23.1 Å². The molecule has 0 aliphatic carbocycles. The molecular weight excluding hydrogens is 278 g/mol. The number of thiazole rings is 1. The summed E-state index contributed by atoms with van der Waals surface area (Å²) in [5, 5.41) is 0.636. The van der Waals surface area contributed by atoms with E-state index in [9.17, 15) is 9.59 Å². The Labute approximate surface area is 120 Å². The Balaban J connectivity index is 2.45. The molecule has 0 unspecified atom stereocenters. The lowest BCUT2D eigenvalue weighted by Gasteiger charge is -2.03. The number of aromatic nitrogens is 1. The van der Waals surface area contributed by atoms with Crippen molar-refractivity contribution in [2.24, 2.45) is 0 Å². The Kier molecular flexibility index (Phi) is 4.14. The minimum Gasteiger partial charge on any atom is -0.497 e. The van der Waals surface area contributed by atoms with Gasteiger partial charge in [-0.25, -0.2) is 9.78 Å². The molecule has 0 amide bonds. The highest BCUT2D eigenvalue weighted by atomic mass is 32.1. The molecule has 0 spiro atoms. The zero-order valence-electron chi connectivity index (χ0n) is 11.3. The predicted molar refractivity (Wildman–Crippen MR) is 74.6 cm³/mol. The van der Waals surface area contributed by atoms with E-state index in [1.165, 1.54) is 25.6 Å². The molecule has 1 aromatic carbocycles. The molecule has 1 heterocycles. The van der Waals surface area contributed by atoms with Gasteiger partial charge in [-0.15, -0.1) is 11.3 Å². The summed E-state index contributed by atoms with van der Waals surface area (Å²) in [6, 6.07) is 6.76. The summed E-state index contributed by atoms with van der Waals surface area (Å²) in [5.74, 6) is -0.299. The summed E-state index contributed by atoms with van der Waals surface area (Å²) in [4.78, 5) is 28.5. The molecule has 5 nitrogen and oxygen atoms in total. The van der Waals surface area contributed by atoms with Crippen LogP contribution in [0.4, 0.5) is 0 Å². The van der Waals surface area contributed by atoms with Crippen LogP contribution < -0.4 is 4.74 Å². The Morgan fingerprint density at radius 1 is 1.25 bits per heavy atom. The fourth-order valence-corrected chi connectivity index (χ4v) is 2.58. The second-order valence-corrected chi connectivity index (χ2v) is 5.17. The number of aryl methyl sites for hydroxylation is 1. The molecule has 2 rings (SSSR count). The summed E-state index contributed by atoms with van der Waals surface area (Å²) in [7, 11) is 2.79. The van der Waals surface area contributed by atoms with Gasteiger partial charge in [-0.2, -0.15) is 0 Å². The van der Waals surface area contributed by atoms with Crippen molar-refractivity contribution < 1.29 is 19.1 Å². The monoisotopic (exact) mass is 291 g/mol. The fraction of sp³-hybridized carbons (Fsp3) is 0.214. The average Bonchev–Trinajstić information content (AvgIpc) is 2.87. The number of rotatable bonds is 4. The van der Waals surface area contributed by atoms with Gasteiger partial charge in [0.1, 0.15) is 10.6 Å². The first-order valence-electron chi connectivity index (χ1n) is 5.81. The minimum absolute atomic E-state index is 0.0582. The number of ether oxygens (including phenoxy) is 2. The number of esters is 1. The molecule has 1 aromatic heterocycles. The molecule has 6 heteroatoms. The van der Waals surface area contributed by atoms with Gasteiger partial charge in [0.15, 0.2) is 5.69 Å². The number of carbonyl (C=O) groups is 2. The van der Waals surface area contributed by atoms with E-state index in [1.807, 2.05) is 0 Å². The van der Waals surface area contributed by atoms with Gasteiger partial charge in [0.05, 0.1) is 19.2 Å². The van der Waals surface area contributed by atoms with E-state index in [2.05, 4.69) is 9.72 Å². The van der Waals surface area contributed by atoms with Crippen molar-refractivity contribution in [1.29, 1.82) is 0 Å². The molecule has 0 atom stereocenters. The van der Waals surface area contributed by atoms with E-state index in [4.69, 9.17) is 4.74 Å². The van der Waals surface area contributed by atoms with Gasteiger partial charge in [-0.05, 0) is 19.1 Å². The summed E-state index contributed by atoms with van der Waals surface area (Å²) < 4.78 is 9.74. The molecule has 0 saturated carbocycles. The van der Waals surface area contributed by atoms with Gasteiger partial charge >= 0.3 is 5.97 Å². The van der Waals surface area contributed by atoms with Crippen LogP contribution in [-0.4, -0.2) is 31.0 Å². The van der Waals surface area contributed by atoms with E-state index in [1.54, 1.807) is 31.2 Å². The number of ketones is 1. The van der Waals surface area contributed by atoms with Crippen LogP contribution >= 0.6 is 11.3 Å². The van der Waals surface area contributed by atoms with Gasteiger partial charge in [-0.1, -0.05) is 12.1 Å². The van der Waals surface area contributed by atoms with Crippen molar-refractivity contribution in [3.8, 4) is 5.75 Å². The van der Waals surface area contributed by atoms with Crippen molar-refractivity contribution in [3.05, 3.63) is 45.4 Å². The standard InChI is InChI=1S/C14H13NO4S/c1-8-15-11(14(17)19-3)13(20-8)12(16)9-5-4-6-10(7-9)18-2/h4-7H,1-3H3. The largest absolute Gasteiger partial charge is 0.497 e. The molecule has 0 radical (unpaired) electrons. The molecule has 0 aliphatic heterocycles. The lowest BCUT2D eigenvalue weighted by Crippen LogP contribution is -2.09. The molecule has 2 aromatic rings. The zero-order chi connectivity index (χ0) is 14.7. The maximum Gasteiger partial charge on any atom is 0.358 e. The van der Waals surface area contributed by atoms with Crippen LogP contribution in [-0.2, 0) is 4.74 Å². The van der Waals surface area contributed by atoms with E-state index in [0.717, 1.165) is 0 Å². The third kappa shape index (κ3) is 2.70. The Hall–Kier alpha value is -2.21. The number of hydrogen-bond acceptors (Lipinski definition) is 6. The first kappa shape index (κ1) is 14.2. The second-order valence-electron chi connectivity index (χ2n) is 3.96. The van der Waals surface area contributed by atoms with Crippen LogP contribution in [0.25, 0.3) is 0 Å². The Bertz CT molecular complexity index is 663. The molecule has 0 saturated heterocycles. The van der Waals surface area contributed by atoms with E-state index >= 15 is 0 Å². The number of carbonyl (C=O) groups excluding carboxylic acids is 2. The minimum atomic E-state index is -0.611. The highest BCUT2D eigenvalue weighted by Gasteiger charge is 2.24. The van der Waals surface area contributed by atoms with E-state index < -0.39 is 5.97 Å². The molecule has 104 valence electrons. The summed E-state index contributed by atoms with van der Waals surface area (Å²) in [5.41, 5.74) is 0.501. The maximum absolute atomic E-state index is 12.5. The zero-order valence-corrected chi connectivity index (χ0v) is 12.1. The lowest BCUT2D eigenvalue weighted by molar-refractivity contribution is 0.0591. The fourth-order valence-electron chi connectivity index (χ4n) is 1.71. The Morgan fingerprint density at radius 2 is 2.00 bits per heavy atom. The van der Waals surface area contributed by atoms with Crippen molar-refractivity contribution in [3.63, 3.8) is 0 Å². The number of nitrogens with zero attached hydrogens (tertiary/aromatic N) is 1. The predicted octanol–water partition coefficient (Wildman–Crippen LogP) is 2.48. The first-order chi connectivity index (χ1) is 9.56. The van der Waals surface area contributed by atoms with Crippen LogP contribution in [0, 0.1) is 6.92 Å². The van der Waals surface area contributed by atoms with Gasteiger partial charge in [0.25, 0.3) is 0 Å². The van der Waals surface area contributed by atoms with Crippen LogP contribution in [0.1, 0.15) is 30.7 Å². The van der Waals surface area contributed by atoms with Gasteiger partial charge in [-0.3, -0.25) is 4.79 Å². The smallest absolute Gasteiger partial charge is 0.358 e. The number of benzene rings is 1. The Morgan fingerprint density at radius 3 is 2.65 bits per heavy atom.